The van der Waals surface area contributed by atoms with Crippen molar-refractivity contribution in [2.24, 2.45) is 0 Å². The van der Waals surface area contributed by atoms with E-state index in [1.807, 2.05) is 31.2 Å². The average molecular weight is 220 g/mol. The van der Waals surface area contributed by atoms with Gasteiger partial charge >= 0.3 is 5.97 Å². The van der Waals surface area contributed by atoms with Crippen LogP contribution in [0.2, 0.25) is 0 Å². The largest absolute Gasteiger partial charge is 0.497 e. The fourth-order valence-electron chi connectivity index (χ4n) is 1.30. The quantitative estimate of drug-likeness (QED) is 0.578. The van der Waals surface area contributed by atoms with Crippen LogP contribution in [-0.2, 0) is 9.53 Å². The lowest BCUT2D eigenvalue weighted by molar-refractivity contribution is -0.137. The minimum absolute atomic E-state index is 0.309. The van der Waals surface area contributed by atoms with Crippen molar-refractivity contribution >= 4 is 11.5 Å². The molecule has 0 saturated heterocycles. The third-order valence-electron chi connectivity index (χ3n) is 2.17. The zero-order chi connectivity index (χ0) is 12.0. The standard InChI is InChI=1S/C13H16O3/c1-4-16-13(14)9-10(2)11-5-7-12(15-3)8-6-11/h5-9H,4H2,1-3H3/b10-9-. The molecule has 3 heteroatoms. The van der Waals surface area contributed by atoms with Crippen molar-refractivity contribution in [1.29, 1.82) is 0 Å². The van der Waals surface area contributed by atoms with Gasteiger partial charge in [-0.25, -0.2) is 4.79 Å². The maximum atomic E-state index is 11.2. The van der Waals surface area contributed by atoms with E-state index in [0.717, 1.165) is 16.9 Å². The third-order valence-corrected chi connectivity index (χ3v) is 2.17. The molecule has 0 heterocycles. The van der Waals surface area contributed by atoms with Crippen LogP contribution in [0.25, 0.3) is 5.57 Å². The molecule has 1 aromatic carbocycles. The van der Waals surface area contributed by atoms with Crippen LogP contribution in [-0.4, -0.2) is 19.7 Å². The van der Waals surface area contributed by atoms with Crippen molar-refractivity contribution in [2.75, 3.05) is 13.7 Å². The van der Waals surface area contributed by atoms with E-state index in [0.29, 0.717) is 6.61 Å². The van der Waals surface area contributed by atoms with Crippen molar-refractivity contribution < 1.29 is 14.3 Å². The van der Waals surface area contributed by atoms with Gasteiger partial charge in [-0.2, -0.15) is 0 Å². The molecule has 0 aliphatic carbocycles. The first-order chi connectivity index (χ1) is 7.67. The summed E-state index contributed by atoms with van der Waals surface area (Å²) >= 11 is 0. The van der Waals surface area contributed by atoms with E-state index in [1.165, 1.54) is 6.08 Å². The lowest BCUT2D eigenvalue weighted by Gasteiger charge is -2.03. The van der Waals surface area contributed by atoms with Crippen LogP contribution in [0, 0.1) is 0 Å². The topological polar surface area (TPSA) is 35.5 Å². The molecule has 0 radical (unpaired) electrons. The highest BCUT2D eigenvalue weighted by Gasteiger charge is 2.01. The van der Waals surface area contributed by atoms with Crippen LogP contribution in [0.15, 0.2) is 30.3 Å². The Kier molecular flexibility index (Phi) is 4.58. The maximum Gasteiger partial charge on any atom is 0.331 e. The van der Waals surface area contributed by atoms with Gasteiger partial charge in [-0.1, -0.05) is 12.1 Å². The Bertz CT molecular complexity index is 377. The minimum Gasteiger partial charge on any atom is -0.497 e. The fraction of sp³-hybridized carbons (Fsp3) is 0.308. The van der Waals surface area contributed by atoms with Gasteiger partial charge in [0.2, 0.25) is 0 Å². The predicted octanol–water partition coefficient (Wildman–Crippen LogP) is 2.66. The van der Waals surface area contributed by atoms with Crippen molar-refractivity contribution in [1.82, 2.24) is 0 Å². The Hall–Kier alpha value is -1.77. The van der Waals surface area contributed by atoms with E-state index in [1.54, 1.807) is 14.0 Å². The fourth-order valence-corrected chi connectivity index (χ4v) is 1.30. The van der Waals surface area contributed by atoms with Gasteiger partial charge in [0.15, 0.2) is 0 Å². The molecule has 0 unspecified atom stereocenters. The molecule has 0 fully saturated rings. The predicted molar refractivity (Wildman–Crippen MR) is 63.3 cm³/mol. The highest BCUT2D eigenvalue weighted by atomic mass is 16.5. The number of methoxy groups -OCH3 is 1. The zero-order valence-corrected chi connectivity index (χ0v) is 9.82. The van der Waals surface area contributed by atoms with Crippen LogP contribution in [0.4, 0.5) is 0 Å². The van der Waals surface area contributed by atoms with Crippen LogP contribution in [0.3, 0.4) is 0 Å². The van der Waals surface area contributed by atoms with Crippen LogP contribution in [0.5, 0.6) is 5.75 Å². The van der Waals surface area contributed by atoms with Crippen LogP contribution in [0.1, 0.15) is 19.4 Å². The molecule has 0 atom stereocenters. The van der Waals surface area contributed by atoms with Gasteiger partial charge in [-0.05, 0) is 37.1 Å². The average Bonchev–Trinajstić information content (AvgIpc) is 2.29. The summed E-state index contributed by atoms with van der Waals surface area (Å²) in [5.74, 6) is 0.489. The first-order valence-electron chi connectivity index (χ1n) is 5.17. The number of benzene rings is 1. The molecule has 0 amide bonds. The second-order valence-corrected chi connectivity index (χ2v) is 3.31. The minimum atomic E-state index is -0.309. The Labute approximate surface area is 95.7 Å². The summed E-state index contributed by atoms with van der Waals surface area (Å²) in [5.41, 5.74) is 1.86. The molecule has 1 rings (SSSR count). The number of hydrogen-bond donors (Lipinski definition) is 0. The third kappa shape index (κ3) is 3.42. The van der Waals surface area contributed by atoms with Crippen molar-refractivity contribution in [3.05, 3.63) is 35.9 Å². The lowest BCUT2D eigenvalue weighted by Crippen LogP contribution is -2.00. The Morgan fingerprint density at radius 3 is 2.44 bits per heavy atom. The summed E-state index contributed by atoms with van der Waals surface area (Å²) in [4.78, 5) is 11.2. The van der Waals surface area contributed by atoms with Gasteiger partial charge in [-0.3, -0.25) is 0 Å². The summed E-state index contributed by atoms with van der Waals surface area (Å²) in [6, 6.07) is 7.53. The van der Waals surface area contributed by atoms with Gasteiger partial charge in [0, 0.05) is 6.08 Å². The molecule has 0 bridgehead atoms. The normalized spacial score (nSPS) is 11.1. The number of esters is 1. The smallest absolute Gasteiger partial charge is 0.331 e. The van der Waals surface area contributed by atoms with Gasteiger partial charge in [0.25, 0.3) is 0 Å². The number of carbonyl (C=O) groups excluding carboxylic acids is 1. The zero-order valence-electron chi connectivity index (χ0n) is 9.82. The van der Waals surface area contributed by atoms with Crippen molar-refractivity contribution in [2.45, 2.75) is 13.8 Å². The summed E-state index contributed by atoms with van der Waals surface area (Å²) in [5, 5.41) is 0. The van der Waals surface area contributed by atoms with Gasteiger partial charge < -0.3 is 9.47 Å². The molecule has 86 valence electrons. The SMILES string of the molecule is CCOC(=O)/C=C(/C)c1ccc(OC)cc1. The number of hydrogen-bond acceptors (Lipinski definition) is 3. The molecule has 0 aromatic heterocycles. The summed E-state index contributed by atoms with van der Waals surface area (Å²) < 4.78 is 9.90. The van der Waals surface area contributed by atoms with Crippen molar-refractivity contribution in [3.8, 4) is 5.75 Å². The van der Waals surface area contributed by atoms with Gasteiger partial charge in [-0.15, -0.1) is 0 Å². The molecule has 0 saturated carbocycles. The molecule has 0 aliphatic rings. The number of rotatable bonds is 4. The first kappa shape index (κ1) is 12.3. The Morgan fingerprint density at radius 1 is 1.31 bits per heavy atom. The van der Waals surface area contributed by atoms with Gasteiger partial charge in [0.05, 0.1) is 13.7 Å². The van der Waals surface area contributed by atoms with E-state index < -0.39 is 0 Å². The number of allylic oxidation sites excluding steroid dienone is 1. The summed E-state index contributed by atoms with van der Waals surface area (Å²) in [6.45, 7) is 4.05. The second-order valence-electron chi connectivity index (χ2n) is 3.31. The van der Waals surface area contributed by atoms with E-state index in [9.17, 15) is 4.79 Å². The second kappa shape index (κ2) is 5.95. The number of ether oxygens (including phenoxy) is 2. The highest BCUT2D eigenvalue weighted by Crippen LogP contribution is 2.18. The molecular weight excluding hydrogens is 204 g/mol. The maximum absolute atomic E-state index is 11.2. The monoisotopic (exact) mass is 220 g/mol. The first-order valence-corrected chi connectivity index (χ1v) is 5.17. The summed E-state index contributed by atoms with van der Waals surface area (Å²) in [6.07, 6.45) is 1.49. The molecule has 16 heavy (non-hydrogen) atoms. The van der Waals surface area contributed by atoms with E-state index in [-0.39, 0.29) is 5.97 Å². The molecule has 1 aromatic rings. The van der Waals surface area contributed by atoms with E-state index in [4.69, 9.17) is 9.47 Å². The van der Waals surface area contributed by atoms with E-state index in [2.05, 4.69) is 0 Å². The van der Waals surface area contributed by atoms with Gasteiger partial charge in [0.1, 0.15) is 5.75 Å². The van der Waals surface area contributed by atoms with Crippen molar-refractivity contribution in [3.63, 3.8) is 0 Å². The van der Waals surface area contributed by atoms with E-state index >= 15 is 0 Å². The number of carbonyl (C=O) groups is 1. The lowest BCUT2D eigenvalue weighted by atomic mass is 10.1. The van der Waals surface area contributed by atoms with Crippen LogP contribution >= 0.6 is 0 Å². The molecular formula is C13H16O3. The van der Waals surface area contributed by atoms with Crippen LogP contribution < -0.4 is 4.74 Å². The molecule has 0 aliphatic heterocycles. The Morgan fingerprint density at radius 2 is 1.94 bits per heavy atom. The molecule has 3 nitrogen and oxygen atoms in total. The molecule has 0 spiro atoms. The molecule has 0 N–H and O–H groups in total. The summed E-state index contributed by atoms with van der Waals surface area (Å²) in [7, 11) is 1.62. The Balaban J connectivity index is 2.79. The highest BCUT2D eigenvalue weighted by molar-refractivity contribution is 5.90.